The highest BCUT2D eigenvalue weighted by atomic mass is 79.9. The van der Waals surface area contributed by atoms with Gasteiger partial charge in [-0.1, -0.05) is 22.0 Å². The topological polar surface area (TPSA) is 21.3 Å². The first-order valence-electron chi connectivity index (χ1n) is 8.27. The zero-order chi connectivity index (χ0) is 14.4. The van der Waals surface area contributed by atoms with E-state index in [0.29, 0.717) is 12.6 Å². The Morgan fingerprint density at radius 1 is 1.10 bits per heavy atom. The van der Waals surface area contributed by atoms with Crippen LogP contribution >= 0.6 is 15.9 Å². The van der Waals surface area contributed by atoms with Gasteiger partial charge in [0.15, 0.2) is 0 Å². The molecular weight excluding hydrogens is 326 g/mol. The quantitative estimate of drug-likeness (QED) is 0.840. The van der Waals surface area contributed by atoms with Crippen LogP contribution in [0.4, 0.5) is 5.69 Å². The van der Waals surface area contributed by atoms with Crippen LogP contribution in [0.1, 0.15) is 37.7 Å². The number of methoxy groups -OCH3 is 1. The van der Waals surface area contributed by atoms with Crippen molar-refractivity contribution in [2.24, 2.45) is 23.7 Å². The van der Waals surface area contributed by atoms with Crippen LogP contribution in [-0.2, 0) is 11.3 Å². The Morgan fingerprint density at radius 2 is 1.76 bits per heavy atom. The molecule has 4 aliphatic rings. The summed E-state index contributed by atoms with van der Waals surface area (Å²) in [5, 5.41) is 3.91. The molecule has 4 fully saturated rings. The summed E-state index contributed by atoms with van der Waals surface area (Å²) in [5.74, 6) is 3.87. The van der Waals surface area contributed by atoms with E-state index in [1.807, 2.05) is 0 Å². The maximum absolute atomic E-state index is 5.39. The molecule has 0 atom stereocenters. The van der Waals surface area contributed by atoms with Crippen molar-refractivity contribution in [1.82, 2.24) is 0 Å². The minimum atomic E-state index is 0.664. The molecule has 21 heavy (non-hydrogen) atoms. The molecule has 3 heteroatoms. The highest BCUT2D eigenvalue weighted by molar-refractivity contribution is 9.10. The van der Waals surface area contributed by atoms with Gasteiger partial charge in [-0.15, -0.1) is 0 Å². The SMILES string of the molecule is COCc1c(Br)cccc1NC1C2CC3CC(C2)CC1C3. The molecule has 4 aliphatic carbocycles. The van der Waals surface area contributed by atoms with Crippen molar-refractivity contribution >= 4 is 21.6 Å². The lowest BCUT2D eigenvalue weighted by molar-refractivity contribution is 0.00747. The molecule has 0 amide bonds. The van der Waals surface area contributed by atoms with Crippen LogP contribution in [0.15, 0.2) is 22.7 Å². The summed E-state index contributed by atoms with van der Waals surface area (Å²) < 4.78 is 6.54. The van der Waals surface area contributed by atoms with Crippen LogP contribution in [0, 0.1) is 23.7 Å². The molecule has 1 aromatic rings. The second-order valence-corrected chi connectivity index (χ2v) is 8.15. The Hall–Kier alpha value is -0.540. The Kier molecular flexibility index (Phi) is 3.74. The number of halogens is 1. The van der Waals surface area contributed by atoms with Crippen LogP contribution in [0.25, 0.3) is 0 Å². The number of anilines is 1. The van der Waals surface area contributed by atoms with E-state index in [-0.39, 0.29) is 0 Å². The molecule has 0 aliphatic heterocycles. The van der Waals surface area contributed by atoms with E-state index in [0.717, 1.165) is 28.1 Å². The molecule has 0 saturated heterocycles. The molecule has 114 valence electrons. The lowest BCUT2D eigenvalue weighted by Gasteiger charge is -2.54. The molecule has 1 N–H and O–H groups in total. The molecule has 4 saturated carbocycles. The fraction of sp³-hybridized carbons (Fsp3) is 0.667. The summed E-state index contributed by atoms with van der Waals surface area (Å²) in [6.45, 7) is 0.664. The summed E-state index contributed by atoms with van der Waals surface area (Å²) in [6, 6.07) is 7.13. The standard InChI is InChI=1S/C18H24BrNO/c1-21-10-15-16(19)3-2-4-17(15)20-18-13-6-11-5-12(8-13)9-14(18)7-11/h2-4,11-14,18,20H,5-10H2,1H3. The maximum Gasteiger partial charge on any atom is 0.0744 e. The molecule has 0 aromatic heterocycles. The van der Waals surface area contributed by atoms with Gasteiger partial charge in [0.05, 0.1) is 6.61 Å². The molecule has 5 rings (SSSR count). The van der Waals surface area contributed by atoms with Crippen LogP contribution in [0.5, 0.6) is 0 Å². The van der Waals surface area contributed by atoms with Crippen molar-refractivity contribution in [3.63, 3.8) is 0 Å². The smallest absolute Gasteiger partial charge is 0.0744 e. The summed E-state index contributed by atoms with van der Waals surface area (Å²) >= 11 is 3.67. The largest absolute Gasteiger partial charge is 0.381 e. The van der Waals surface area contributed by atoms with Gasteiger partial charge in [0, 0.05) is 28.9 Å². The van der Waals surface area contributed by atoms with Gasteiger partial charge in [-0.25, -0.2) is 0 Å². The van der Waals surface area contributed by atoms with E-state index in [1.165, 1.54) is 43.4 Å². The third-order valence-electron chi connectivity index (χ3n) is 5.96. The van der Waals surface area contributed by atoms with Crippen molar-refractivity contribution in [3.05, 3.63) is 28.2 Å². The Bertz CT molecular complexity index is 502. The van der Waals surface area contributed by atoms with Gasteiger partial charge >= 0.3 is 0 Å². The highest BCUT2D eigenvalue weighted by Gasteiger charge is 2.48. The van der Waals surface area contributed by atoms with Gasteiger partial charge in [0.25, 0.3) is 0 Å². The molecule has 4 bridgehead atoms. The average molecular weight is 350 g/mol. The number of rotatable bonds is 4. The Labute approximate surface area is 135 Å². The predicted octanol–water partition coefficient (Wildman–Crippen LogP) is 4.83. The van der Waals surface area contributed by atoms with Gasteiger partial charge in [0.1, 0.15) is 0 Å². The third-order valence-corrected chi connectivity index (χ3v) is 6.70. The number of benzene rings is 1. The third kappa shape index (κ3) is 2.53. The van der Waals surface area contributed by atoms with E-state index >= 15 is 0 Å². The number of hydrogen-bond acceptors (Lipinski definition) is 2. The van der Waals surface area contributed by atoms with Crippen LogP contribution in [-0.4, -0.2) is 13.2 Å². The maximum atomic E-state index is 5.39. The predicted molar refractivity (Wildman–Crippen MR) is 89.3 cm³/mol. The van der Waals surface area contributed by atoms with Crippen LogP contribution in [0.3, 0.4) is 0 Å². The van der Waals surface area contributed by atoms with E-state index in [9.17, 15) is 0 Å². The zero-order valence-corrected chi connectivity index (χ0v) is 14.2. The first-order chi connectivity index (χ1) is 10.2. The fourth-order valence-corrected chi connectivity index (χ4v) is 5.81. The summed E-state index contributed by atoms with van der Waals surface area (Å²) in [7, 11) is 1.77. The Morgan fingerprint density at radius 3 is 2.38 bits per heavy atom. The van der Waals surface area contributed by atoms with Crippen molar-refractivity contribution in [3.8, 4) is 0 Å². The molecule has 0 radical (unpaired) electrons. The second-order valence-electron chi connectivity index (χ2n) is 7.30. The van der Waals surface area contributed by atoms with E-state index < -0.39 is 0 Å². The van der Waals surface area contributed by atoms with Crippen molar-refractivity contribution in [1.29, 1.82) is 0 Å². The molecule has 0 unspecified atom stereocenters. The first-order valence-corrected chi connectivity index (χ1v) is 9.06. The van der Waals surface area contributed by atoms with Gasteiger partial charge in [0.2, 0.25) is 0 Å². The Balaban J connectivity index is 1.58. The van der Waals surface area contributed by atoms with Crippen LogP contribution < -0.4 is 5.32 Å². The van der Waals surface area contributed by atoms with Gasteiger partial charge in [-0.3, -0.25) is 0 Å². The van der Waals surface area contributed by atoms with Gasteiger partial charge < -0.3 is 10.1 Å². The monoisotopic (exact) mass is 349 g/mol. The fourth-order valence-electron chi connectivity index (χ4n) is 5.33. The first kappa shape index (κ1) is 14.1. The molecular formula is C18H24BrNO. The minimum absolute atomic E-state index is 0.664. The molecule has 1 aromatic carbocycles. The van der Waals surface area contributed by atoms with Crippen molar-refractivity contribution in [2.75, 3.05) is 12.4 Å². The lowest BCUT2D eigenvalue weighted by Crippen LogP contribution is -2.51. The lowest BCUT2D eigenvalue weighted by atomic mass is 9.54. The average Bonchev–Trinajstić information content (AvgIpc) is 2.45. The molecule has 0 heterocycles. The van der Waals surface area contributed by atoms with E-state index in [1.54, 1.807) is 7.11 Å². The van der Waals surface area contributed by atoms with Crippen molar-refractivity contribution in [2.45, 2.75) is 44.8 Å². The van der Waals surface area contributed by atoms with E-state index in [4.69, 9.17) is 4.74 Å². The normalized spacial score (nSPS) is 37.0. The summed E-state index contributed by atoms with van der Waals surface area (Å²) in [5.41, 5.74) is 2.53. The number of hydrogen-bond donors (Lipinski definition) is 1. The van der Waals surface area contributed by atoms with Crippen LogP contribution in [0.2, 0.25) is 0 Å². The minimum Gasteiger partial charge on any atom is -0.381 e. The molecule has 2 nitrogen and oxygen atoms in total. The number of ether oxygens (including phenoxy) is 1. The van der Waals surface area contributed by atoms with E-state index in [2.05, 4.69) is 39.4 Å². The summed E-state index contributed by atoms with van der Waals surface area (Å²) in [4.78, 5) is 0. The zero-order valence-electron chi connectivity index (χ0n) is 12.6. The van der Waals surface area contributed by atoms with Gasteiger partial charge in [-0.05, 0) is 67.9 Å². The molecule has 0 spiro atoms. The number of nitrogens with one attached hydrogen (secondary N) is 1. The highest BCUT2D eigenvalue weighted by Crippen LogP contribution is 2.54. The van der Waals surface area contributed by atoms with Crippen molar-refractivity contribution < 1.29 is 4.74 Å². The second kappa shape index (κ2) is 5.58. The van der Waals surface area contributed by atoms with Gasteiger partial charge in [-0.2, -0.15) is 0 Å². The summed E-state index contributed by atoms with van der Waals surface area (Å²) in [6.07, 6.45) is 7.35.